The van der Waals surface area contributed by atoms with Crippen molar-refractivity contribution in [3.05, 3.63) is 17.8 Å². The molecule has 0 amide bonds. The first-order valence-corrected chi connectivity index (χ1v) is 6.84. The lowest BCUT2D eigenvalue weighted by Crippen LogP contribution is -2.28. The number of nitrogens with two attached hydrogens (primary N) is 1. The van der Waals surface area contributed by atoms with Crippen molar-refractivity contribution in [2.75, 3.05) is 23.7 Å². The van der Waals surface area contributed by atoms with Crippen molar-refractivity contribution in [1.29, 1.82) is 0 Å². The monoisotopic (exact) mass is 265 g/mol. The van der Waals surface area contributed by atoms with Crippen LogP contribution in [0.15, 0.2) is 12.3 Å². The molecular formula is C14H23N3O2. The van der Waals surface area contributed by atoms with E-state index in [2.05, 4.69) is 23.7 Å². The number of nitrogen functional groups attached to an aromatic ring is 1. The van der Waals surface area contributed by atoms with E-state index in [9.17, 15) is 4.79 Å². The van der Waals surface area contributed by atoms with Crippen LogP contribution in [0.3, 0.4) is 0 Å². The van der Waals surface area contributed by atoms with Gasteiger partial charge >= 0.3 is 5.97 Å². The van der Waals surface area contributed by atoms with Crippen molar-refractivity contribution >= 4 is 17.5 Å². The molecule has 0 saturated carbocycles. The summed E-state index contributed by atoms with van der Waals surface area (Å²) in [7, 11) is 0. The summed E-state index contributed by atoms with van der Waals surface area (Å²) in [6.07, 6.45) is 5.77. The maximum Gasteiger partial charge on any atom is 0.337 e. The number of anilines is 2. The van der Waals surface area contributed by atoms with Gasteiger partial charge in [-0.15, -0.1) is 0 Å². The number of pyridine rings is 1. The lowest BCUT2D eigenvalue weighted by Gasteiger charge is -2.25. The van der Waals surface area contributed by atoms with Crippen LogP contribution in [0.2, 0.25) is 0 Å². The number of unbranched alkanes of at least 4 members (excludes halogenated alkanes) is 2. The van der Waals surface area contributed by atoms with Crippen molar-refractivity contribution in [3.8, 4) is 0 Å². The summed E-state index contributed by atoms with van der Waals surface area (Å²) in [5, 5.41) is 9.10. The summed E-state index contributed by atoms with van der Waals surface area (Å²) >= 11 is 0. The standard InChI is InChI=1S/C14H23N3O2/c1-3-5-9-17(10-6-4-2)13-12(15)11(14(18)19)7-8-16-13/h7-8H,3-6,9-10,15H2,1-2H3,(H,18,19). The predicted molar refractivity (Wildman–Crippen MR) is 77.6 cm³/mol. The molecule has 3 N–H and O–H groups in total. The molecule has 0 fully saturated rings. The van der Waals surface area contributed by atoms with E-state index in [1.165, 1.54) is 12.3 Å². The Kier molecular flexibility index (Phi) is 6.12. The van der Waals surface area contributed by atoms with Crippen LogP contribution < -0.4 is 10.6 Å². The Bertz CT molecular complexity index is 413. The van der Waals surface area contributed by atoms with Crippen LogP contribution in [0.25, 0.3) is 0 Å². The number of hydrogen-bond donors (Lipinski definition) is 2. The third kappa shape index (κ3) is 4.12. The topological polar surface area (TPSA) is 79.5 Å². The number of hydrogen-bond acceptors (Lipinski definition) is 4. The number of rotatable bonds is 8. The van der Waals surface area contributed by atoms with E-state index in [0.29, 0.717) is 5.82 Å². The van der Waals surface area contributed by atoms with E-state index in [1.807, 2.05) is 0 Å². The molecule has 0 aliphatic heterocycles. The molecule has 0 saturated heterocycles. The molecule has 1 rings (SSSR count). The van der Waals surface area contributed by atoms with Gasteiger partial charge < -0.3 is 15.7 Å². The third-order valence-electron chi connectivity index (χ3n) is 3.06. The maximum absolute atomic E-state index is 11.1. The number of aromatic nitrogens is 1. The number of carbonyl (C=O) groups is 1. The minimum absolute atomic E-state index is 0.128. The normalized spacial score (nSPS) is 10.4. The molecule has 0 bridgehead atoms. The van der Waals surface area contributed by atoms with E-state index in [-0.39, 0.29) is 11.3 Å². The van der Waals surface area contributed by atoms with Gasteiger partial charge in [0, 0.05) is 19.3 Å². The average Bonchev–Trinajstić information content (AvgIpc) is 2.39. The average molecular weight is 265 g/mol. The Morgan fingerprint density at radius 1 is 1.32 bits per heavy atom. The Labute approximate surface area is 114 Å². The quantitative estimate of drug-likeness (QED) is 0.755. The molecule has 0 unspecified atom stereocenters. The SMILES string of the molecule is CCCCN(CCCC)c1nccc(C(=O)O)c1N. The number of carboxylic acid groups (broad SMARTS) is 1. The van der Waals surface area contributed by atoms with E-state index < -0.39 is 5.97 Å². The van der Waals surface area contributed by atoms with Crippen LogP contribution in [0.5, 0.6) is 0 Å². The highest BCUT2D eigenvalue weighted by atomic mass is 16.4. The van der Waals surface area contributed by atoms with E-state index in [1.54, 1.807) is 0 Å². The van der Waals surface area contributed by atoms with Gasteiger partial charge in [-0.1, -0.05) is 26.7 Å². The molecule has 19 heavy (non-hydrogen) atoms. The first-order valence-electron chi connectivity index (χ1n) is 6.84. The Hall–Kier alpha value is -1.78. The first-order chi connectivity index (χ1) is 9.11. The number of carboxylic acids is 1. The number of nitrogens with zero attached hydrogens (tertiary/aromatic N) is 2. The van der Waals surface area contributed by atoms with Gasteiger partial charge in [-0.25, -0.2) is 9.78 Å². The molecule has 1 heterocycles. The second-order valence-corrected chi connectivity index (χ2v) is 4.60. The maximum atomic E-state index is 11.1. The third-order valence-corrected chi connectivity index (χ3v) is 3.06. The van der Waals surface area contributed by atoms with Gasteiger partial charge in [0.1, 0.15) is 0 Å². The minimum Gasteiger partial charge on any atom is -0.478 e. The van der Waals surface area contributed by atoms with Crippen LogP contribution in [-0.4, -0.2) is 29.1 Å². The van der Waals surface area contributed by atoms with Gasteiger partial charge in [-0.2, -0.15) is 0 Å². The highest BCUT2D eigenvalue weighted by Gasteiger charge is 2.16. The summed E-state index contributed by atoms with van der Waals surface area (Å²) in [5.41, 5.74) is 6.34. The first kappa shape index (κ1) is 15.3. The zero-order chi connectivity index (χ0) is 14.3. The van der Waals surface area contributed by atoms with E-state index in [4.69, 9.17) is 10.8 Å². The van der Waals surface area contributed by atoms with Gasteiger partial charge in [0.25, 0.3) is 0 Å². The van der Waals surface area contributed by atoms with Crippen LogP contribution in [0, 0.1) is 0 Å². The molecule has 106 valence electrons. The lowest BCUT2D eigenvalue weighted by molar-refractivity contribution is 0.0698. The summed E-state index contributed by atoms with van der Waals surface area (Å²) < 4.78 is 0. The molecule has 0 radical (unpaired) electrons. The van der Waals surface area contributed by atoms with Gasteiger partial charge in [-0.05, 0) is 18.9 Å². The van der Waals surface area contributed by atoms with Gasteiger partial charge in [0.15, 0.2) is 5.82 Å². The predicted octanol–water partition coefficient (Wildman–Crippen LogP) is 2.77. The van der Waals surface area contributed by atoms with Crippen molar-refractivity contribution in [1.82, 2.24) is 4.98 Å². The Morgan fingerprint density at radius 2 is 1.89 bits per heavy atom. The molecule has 0 spiro atoms. The minimum atomic E-state index is -1.01. The summed E-state index contributed by atoms with van der Waals surface area (Å²) in [4.78, 5) is 17.5. The fourth-order valence-electron chi connectivity index (χ4n) is 1.92. The highest BCUT2D eigenvalue weighted by molar-refractivity contribution is 5.96. The van der Waals surface area contributed by atoms with Crippen LogP contribution in [0.1, 0.15) is 49.9 Å². The zero-order valence-electron chi connectivity index (χ0n) is 11.7. The number of aromatic carboxylic acids is 1. The van der Waals surface area contributed by atoms with Crippen molar-refractivity contribution in [3.63, 3.8) is 0 Å². The van der Waals surface area contributed by atoms with Crippen molar-refractivity contribution in [2.24, 2.45) is 0 Å². The lowest BCUT2D eigenvalue weighted by atomic mass is 10.2. The fourth-order valence-corrected chi connectivity index (χ4v) is 1.92. The van der Waals surface area contributed by atoms with Gasteiger partial charge in [0.05, 0.1) is 11.3 Å². The summed E-state index contributed by atoms with van der Waals surface area (Å²) in [6.45, 7) is 5.97. The Balaban J connectivity index is 2.99. The second kappa shape index (κ2) is 7.61. The molecule has 5 nitrogen and oxygen atoms in total. The molecular weight excluding hydrogens is 242 g/mol. The van der Waals surface area contributed by atoms with Gasteiger partial charge in [-0.3, -0.25) is 0 Å². The fraction of sp³-hybridized carbons (Fsp3) is 0.571. The second-order valence-electron chi connectivity index (χ2n) is 4.60. The molecule has 5 heteroatoms. The van der Waals surface area contributed by atoms with E-state index in [0.717, 1.165) is 38.8 Å². The van der Waals surface area contributed by atoms with Crippen molar-refractivity contribution in [2.45, 2.75) is 39.5 Å². The molecule has 0 atom stereocenters. The highest BCUT2D eigenvalue weighted by Crippen LogP contribution is 2.24. The van der Waals surface area contributed by atoms with Crippen LogP contribution >= 0.6 is 0 Å². The smallest absolute Gasteiger partial charge is 0.337 e. The molecule has 0 aliphatic rings. The van der Waals surface area contributed by atoms with Crippen LogP contribution in [-0.2, 0) is 0 Å². The van der Waals surface area contributed by atoms with Crippen molar-refractivity contribution < 1.29 is 9.90 Å². The summed E-state index contributed by atoms with van der Waals surface area (Å²) in [6, 6.07) is 1.44. The molecule has 0 aliphatic carbocycles. The molecule has 1 aromatic heterocycles. The Morgan fingerprint density at radius 3 is 2.37 bits per heavy atom. The zero-order valence-corrected chi connectivity index (χ0v) is 11.7. The largest absolute Gasteiger partial charge is 0.478 e. The molecule has 0 aromatic carbocycles. The van der Waals surface area contributed by atoms with Crippen LogP contribution in [0.4, 0.5) is 11.5 Å². The summed E-state index contributed by atoms with van der Waals surface area (Å²) in [5.74, 6) is -0.408. The molecule has 1 aromatic rings. The van der Waals surface area contributed by atoms with E-state index >= 15 is 0 Å². The van der Waals surface area contributed by atoms with Gasteiger partial charge in [0.2, 0.25) is 0 Å².